The first-order valence-corrected chi connectivity index (χ1v) is 5.60. The van der Waals surface area contributed by atoms with Gasteiger partial charge in [-0.05, 0) is 12.1 Å². The van der Waals surface area contributed by atoms with E-state index in [1.54, 1.807) is 0 Å². The van der Waals surface area contributed by atoms with Gasteiger partial charge in [0.1, 0.15) is 0 Å². The molecule has 0 radical (unpaired) electrons. The van der Waals surface area contributed by atoms with Gasteiger partial charge in [-0.25, -0.2) is 0 Å². The van der Waals surface area contributed by atoms with Crippen molar-refractivity contribution in [1.29, 1.82) is 0 Å². The van der Waals surface area contributed by atoms with Crippen molar-refractivity contribution in [3.63, 3.8) is 0 Å². The van der Waals surface area contributed by atoms with Gasteiger partial charge in [-0.15, -0.1) is 0 Å². The molecule has 11 heavy (non-hydrogen) atoms. The molecule has 4 N–H and O–H groups in total. The van der Waals surface area contributed by atoms with Crippen LogP contribution in [0.1, 0.15) is 13.3 Å². The molecule has 0 aromatic heterocycles. The van der Waals surface area contributed by atoms with Crippen molar-refractivity contribution in [2.24, 2.45) is 5.73 Å². The van der Waals surface area contributed by atoms with Crippen molar-refractivity contribution < 1.29 is 0 Å². The third-order valence-electron chi connectivity index (χ3n) is 1.73. The van der Waals surface area contributed by atoms with Gasteiger partial charge in [-0.2, -0.15) is 0 Å². The van der Waals surface area contributed by atoms with E-state index in [1.165, 1.54) is 16.7 Å². The zero-order valence-electron chi connectivity index (χ0n) is 7.69. The summed E-state index contributed by atoms with van der Waals surface area (Å²) in [7, 11) is 1.25. The van der Waals surface area contributed by atoms with Crippen molar-refractivity contribution in [3.8, 4) is 0 Å². The van der Waals surface area contributed by atoms with E-state index in [0.29, 0.717) is 0 Å². The van der Waals surface area contributed by atoms with Gasteiger partial charge in [0.25, 0.3) is 0 Å². The van der Waals surface area contributed by atoms with Crippen LogP contribution in [0.3, 0.4) is 0 Å². The van der Waals surface area contributed by atoms with E-state index in [4.69, 9.17) is 5.73 Å². The standard InChI is InChI=1S/C7H21N3Si/c1-2-7(11)10-6-5-9-4-3-8/h7,9-10H,2-6,8H2,1,11H3. The first kappa shape index (κ1) is 11.1. The smallest absolute Gasteiger partial charge is 0.0241 e. The van der Waals surface area contributed by atoms with Crippen molar-refractivity contribution in [1.82, 2.24) is 10.6 Å². The van der Waals surface area contributed by atoms with Crippen molar-refractivity contribution in [2.45, 2.75) is 19.0 Å². The molecule has 68 valence electrons. The average Bonchev–Trinajstić information content (AvgIpc) is 2.04. The minimum atomic E-state index is 0.734. The lowest BCUT2D eigenvalue weighted by Crippen LogP contribution is -2.36. The Hall–Kier alpha value is 0.0969. The Morgan fingerprint density at radius 3 is 2.64 bits per heavy atom. The summed E-state index contributed by atoms with van der Waals surface area (Å²) in [6.07, 6.45) is 1.25. The van der Waals surface area contributed by atoms with Crippen LogP contribution in [0.25, 0.3) is 0 Å². The van der Waals surface area contributed by atoms with Gasteiger partial charge >= 0.3 is 0 Å². The van der Waals surface area contributed by atoms with Crippen LogP contribution in [0.4, 0.5) is 0 Å². The number of nitrogens with one attached hydrogen (secondary N) is 2. The molecule has 1 atom stereocenters. The maximum Gasteiger partial charge on any atom is 0.0241 e. The predicted molar refractivity (Wildman–Crippen MR) is 53.9 cm³/mol. The molecule has 3 nitrogen and oxygen atoms in total. The molecule has 0 saturated heterocycles. The summed E-state index contributed by atoms with van der Waals surface area (Å²) in [6.45, 7) is 5.99. The van der Waals surface area contributed by atoms with Gasteiger partial charge in [0.15, 0.2) is 0 Å². The Labute approximate surface area is 72.5 Å². The Morgan fingerprint density at radius 2 is 2.09 bits per heavy atom. The highest BCUT2D eigenvalue weighted by molar-refractivity contribution is 6.11. The van der Waals surface area contributed by atoms with Gasteiger partial charge in [-0.1, -0.05) is 6.92 Å². The monoisotopic (exact) mass is 175 g/mol. The molecule has 0 spiro atoms. The summed E-state index contributed by atoms with van der Waals surface area (Å²) < 4.78 is 0. The molecule has 0 aliphatic rings. The molecule has 0 aromatic carbocycles. The Bertz CT molecular complexity index is 80.1. The van der Waals surface area contributed by atoms with Crippen LogP contribution in [-0.2, 0) is 0 Å². The zero-order chi connectivity index (χ0) is 8.53. The van der Waals surface area contributed by atoms with E-state index in [1.807, 2.05) is 0 Å². The van der Waals surface area contributed by atoms with Crippen molar-refractivity contribution in [2.75, 3.05) is 26.2 Å². The van der Waals surface area contributed by atoms with E-state index in [0.717, 1.165) is 31.8 Å². The summed E-state index contributed by atoms with van der Waals surface area (Å²) in [6, 6.07) is 0. The third kappa shape index (κ3) is 8.00. The number of hydrogen-bond donors (Lipinski definition) is 3. The lowest BCUT2D eigenvalue weighted by molar-refractivity contribution is 0.582. The van der Waals surface area contributed by atoms with E-state index in [9.17, 15) is 0 Å². The van der Waals surface area contributed by atoms with E-state index >= 15 is 0 Å². The number of hydrogen-bond acceptors (Lipinski definition) is 3. The largest absolute Gasteiger partial charge is 0.329 e. The van der Waals surface area contributed by atoms with E-state index in [-0.39, 0.29) is 0 Å². The molecular formula is C7H21N3Si. The van der Waals surface area contributed by atoms with Crippen LogP contribution in [0.5, 0.6) is 0 Å². The minimum absolute atomic E-state index is 0.734. The summed E-state index contributed by atoms with van der Waals surface area (Å²) in [4.78, 5) is 0. The Balaban J connectivity index is 2.89. The maximum atomic E-state index is 5.32. The van der Waals surface area contributed by atoms with Crippen LogP contribution < -0.4 is 16.4 Å². The van der Waals surface area contributed by atoms with Crippen LogP contribution in [0, 0.1) is 0 Å². The highest BCUT2D eigenvalue weighted by Crippen LogP contribution is 1.80. The van der Waals surface area contributed by atoms with Gasteiger partial charge in [0.2, 0.25) is 0 Å². The predicted octanol–water partition coefficient (Wildman–Crippen LogP) is -1.77. The highest BCUT2D eigenvalue weighted by atomic mass is 28.1. The van der Waals surface area contributed by atoms with Gasteiger partial charge in [-0.3, -0.25) is 0 Å². The SMILES string of the molecule is CCC([SiH3])NCCNCCN. The molecule has 0 aromatic rings. The van der Waals surface area contributed by atoms with Crippen LogP contribution >= 0.6 is 0 Å². The van der Waals surface area contributed by atoms with Crippen molar-refractivity contribution >= 4 is 10.2 Å². The normalized spacial score (nSPS) is 13.6. The maximum absolute atomic E-state index is 5.32. The Morgan fingerprint density at radius 1 is 1.36 bits per heavy atom. The number of nitrogens with two attached hydrogens (primary N) is 1. The van der Waals surface area contributed by atoms with E-state index < -0.39 is 0 Å². The average molecular weight is 175 g/mol. The molecule has 0 fully saturated rings. The van der Waals surface area contributed by atoms with Crippen LogP contribution in [0.15, 0.2) is 0 Å². The molecule has 1 unspecified atom stereocenters. The van der Waals surface area contributed by atoms with Crippen molar-refractivity contribution in [3.05, 3.63) is 0 Å². The van der Waals surface area contributed by atoms with Gasteiger partial charge in [0.05, 0.1) is 0 Å². The fourth-order valence-electron chi connectivity index (χ4n) is 0.778. The fraction of sp³-hybridized carbons (Fsp3) is 1.00. The van der Waals surface area contributed by atoms with Crippen LogP contribution in [0.2, 0.25) is 0 Å². The molecule has 4 heteroatoms. The zero-order valence-corrected chi connectivity index (χ0v) is 9.69. The molecule has 0 amide bonds. The lowest BCUT2D eigenvalue weighted by Gasteiger charge is -2.10. The summed E-state index contributed by atoms with van der Waals surface area (Å²) >= 11 is 0. The van der Waals surface area contributed by atoms with Gasteiger partial charge in [0, 0.05) is 36.4 Å². The topological polar surface area (TPSA) is 50.1 Å². The van der Waals surface area contributed by atoms with Crippen LogP contribution in [-0.4, -0.2) is 42.1 Å². The second kappa shape index (κ2) is 8.20. The first-order valence-electron chi connectivity index (χ1n) is 4.45. The minimum Gasteiger partial charge on any atom is -0.329 e. The molecule has 0 rings (SSSR count). The van der Waals surface area contributed by atoms with E-state index in [2.05, 4.69) is 17.6 Å². The molecule has 0 bridgehead atoms. The lowest BCUT2D eigenvalue weighted by atomic mass is 10.4. The highest BCUT2D eigenvalue weighted by Gasteiger charge is 1.94. The molecule has 0 aliphatic heterocycles. The molecular weight excluding hydrogens is 154 g/mol. The molecule has 0 heterocycles. The quantitative estimate of drug-likeness (QED) is 0.317. The molecule has 0 saturated carbocycles. The second-order valence-electron chi connectivity index (χ2n) is 2.80. The first-order chi connectivity index (χ1) is 5.31. The molecule has 0 aliphatic carbocycles. The Kier molecular flexibility index (Phi) is 8.27. The third-order valence-corrected chi connectivity index (χ3v) is 2.95. The number of rotatable bonds is 7. The second-order valence-corrected chi connectivity index (χ2v) is 4.20. The summed E-state index contributed by atoms with van der Waals surface area (Å²) in [5, 5.41) is 6.69. The summed E-state index contributed by atoms with van der Waals surface area (Å²) in [5.74, 6) is 0. The summed E-state index contributed by atoms with van der Waals surface area (Å²) in [5.41, 5.74) is 6.09. The fourth-order valence-corrected chi connectivity index (χ4v) is 1.07. The van der Waals surface area contributed by atoms with Gasteiger partial charge < -0.3 is 16.4 Å².